The van der Waals surface area contributed by atoms with Gasteiger partial charge < -0.3 is 15.2 Å². The van der Waals surface area contributed by atoms with Crippen molar-refractivity contribution < 1.29 is 24.2 Å². The Bertz CT molecular complexity index is 741. The number of hydrogen-bond donors (Lipinski definition) is 2. The van der Waals surface area contributed by atoms with Crippen molar-refractivity contribution in [2.45, 2.75) is 71.4 Å². The minimum atomic E-state index is -0.750. The first-order chi connectivity index (χ1) is 13.7. The number of rotatable bonds is 9. The molecule has 2 rings (SSSR count). The summed E-state index contributed by atoms with van der Waals surface area (Å²) in [6.45, 7) is 5.56. The van der Waals surface area contributed by atoms with Crippen molar-refractivity contribution in [2.24, 2.45) is 11.8 Å². The molecule has 7 heteroatoms. The molecule has 0 aromatic heterocycles. The maximum Gasteiger partial charge on any atom is 0.306 e. The summed E-state index contributed by atoms with van der Waals surface area (Å²) in [7, 11) is 0. The van der Waals surface area contributed by atoms with Gasteiger partial charge >= 0.3 is 5.97 Å². The van der Waals surface area contributed by atoms with E-state index in [-0.39, 0.29) is 29.6 Å². The lowest BCUT2D eigenvalue weighted by Gasteiger charge is -2.29. The third-order valence-electron chi connectivity index (χ3n) is 5.36. The van der Waals surface area contributed by atoms with Gasteiger partial charge in [-0.3, -0.25) is 14.4 Å². The normalized spacial score (nSPS) is 20.2. The first-order valence-electron chi connectivity index (χ1n) is 10.2. The smallest absolute Gasteiger partial charge is 0.306 e. The third kappa shape index (κ3) is 6.74. The van der Waals surface area contributed by atoms with Gasteiger partial charge in [0.15, 0.2) is 5.78 Å². The van der Waals surface area contributed by atoms with E-state index in [0.29, 0.717) is 42.0 Å². The van der Waals surface area contributed by atoms with Gasteiger partial charge in [-0.05, 0) is 70.1 Å². The maximum atomic E-state index is 12.7. The molecule has 29 heavy (non-hydrogen) atoms. The predicted molar refractivity (Wildman–Crippen MR) is 111 cm³/mol. The molecule has 0 bridgehead atoms. The van der Waals surface area contributed by atoms with E-state index >= 15 is 0 Å². The van der Waals surface area contributed by atoms with Gasteiger partial charge in [0.05, 0.1) is 23.1 Å². The van der Waals surface area contributed by atoms with E-state index in [4.69, 9.17) is 21.4 Å². The van der Waals surface area contributed by atoms with Crippen LogP contribution >= 0.6 is 11.6 Å². The minimum Gasteiger partial charge on any atom is -0.489 e. The van der Waals surface area contributed by atoms with Crippen LogP contribution < -0.4 is 10.1 Å². The van der Waals surface area contributed by atoms with Crippen LogP contribution in [0.5, 0.6) is 5.75 Å². The number of benzene rings is 1. The molecular formula is C22H30ClNO5. The molecule has 0 aliphatic heterocycles. The minimum absolute atomic E-state index is 0.0235. The monoisotopic (exact) mass is 423 g/mol. The fourth-order valence-corrected chi connectivity index (χ4v) is 3.95. The van der Waals surface area contributed by atoms with Gasteiger partial charge in [-0.25, -0.2) is 0 Å². The molecule has 1 atom stereocenters. The van der Waals surface area contributed by atoms with Crippen LogP contribution in [0.2, 0.25) is 5.02 Å². The molecule has 1 amide bonds. The molecular weight excluding hydrogens is 394 g/mol. The highest BCUT2D eigenvalue weighted by Gasteiger charge is 2.30. The summed E-state index contributed by atoms with van der Waals surface area (Å²) in [6, 6.07) is 4.25. The molecule has 1 aliphatic carbocycles. The Kier molecular flexibility index (Phi) is 8.50. The maximum absolute atomic E-state index is 12.7. The Labute approximate surface area is 177 Å². The number of ketones is 1. The molecule has 0 saturated heterocycles. The van der Waals surface area contributed by atoms with E-state index in [2.05, 4.69) is 5.32 Å². The van der Waals surface area contributed by atoms with Gasteiger partial charge in [0.1, 0.15) is 5.75 Å². The fourth-order valence-electron chi connectivity index (χ4n) is 3.73. The second-order valence-corrected chi connectivity index (χ2v) is 8.36. The first kappa shape index (κ1) is 23.2. The lowest BCUT2D eigenvalue weighted by Crippen LogP contribution is -2.42. The zero-order valence-electron chi connectivity index (χ0n) is 17.2. The highest BCUT2D eigenvalue weighted by molar-refractivity contribution is 6.32. The van der Waals surface area contributed by atoms with Crippen LogP contribution in [0.1, 0.15) is 69.7 Å². The molecule has 1 aromatic rings. The van der Waals surface area contributed by atoms with Crippen LogP contribution in [0.4, 0.5) is 0 Å². The van der Waals surface area contributed by atoms with Crippen LogP contribution in [-0.2, 0) is 9.59 Å². The second kappa shape index (κ2) is 10.6. The molecule has 1 saturated carbocycles. The topological polar surface area (TPSA) is 92.7 Å². The van der Waals surface area contributed by atoms with Crippen molar-refractivity contribution in [1.82, 2.24) is 5.32 Å². The number of carbonyl (C=O) groups is 3. The number of ether oxygens (including phenoxy) is 1. The zero-order chi connectivity index (χ0) is 21.6. The average Bonchev–Trinajstić information content (AvgIpc) is 2.68. The van der Waals surface area contributed by atoms with E-state index in [9.17, 15) is 14.4 Å². The second-order valence-electron chi connectivity index (χ2n) is 7.95. The molecule has 2 N–H and O–H groups in total. The van der Waals surface area contributed by atoms with E-state index < -0.39 is 12.0 Å². The number of carbonyl (C=O) groups excluding carboxylic acids is 2. The predicted octanol–water partition coefficient (Wildman–Crippen LogP) is 4.49. The quantitative estimate of drug-likeness (QED) is 0.610. The molecule has 1 fully saturated rings. The lowest BCUT2D eigenvalue weighted by atomic mass is 9.78. The summed E-state index contributed by atoms with van der Waals surface area (Å²) < 4.78 is 5.58. The zero-order valence-corrected chi connectivity index (χ0v) is 18.0. The SMILES string of the molecule is CCC(=O)C(CC1CCC(C(=O)O)CC1)NC(=O)c1ccc(OC(C)C)c(Cl)c1. The summed E-state index contributed by atoms with van der Waals surface area (Å²) in [5.74, 6) is -0.681. The number of carboxylic acid groups (broad SMARTS) is 1. The van der Waals surface area contributed by atoms with E-state index in [1.54, 1.807) is 25.1 Å². The van der Waals surface area contributed by atoms with Crippen LogP contribution in [0.15, 0.2) is 18.2 Å². The summed E-state index contributed by atoms with van der Waals surface area (Å²) in [6.07, 6.45) is 3.59. The molecule has 1 unspecified atom stereocenters. The molecule has 1 aromatic carbocycles. The van der Waals surface area contributed by atoms with Crippen molar-refractivity contribution in [1.29, 1.82) is 0 Å². The summed E-state index contributed by atoms with van der Waals surface area (Å²) in [4.78, 5) is 36.2. The highest BCUT2D eigenvalue weighted by atomic mass is 35.5. The Morgan fingerprint density at radius 2 is 1.86 bits per heavy atom. The molecule has 160 valence electrons. The van der Waals surface area contributed by atoms with Crippen molar-refractivity contribution >= 4 is 29.3 Å². The van der Waals surface area contributed by atoms with Gasteiger partial charge in [-0.15, -0.1) is 0 Å². The van der Waals surface area contributed by atoms with Crippen molar-refractivity contribution in [3.8, 4) is 5.75 Å². The molecule has 0 radical (unpaired) electrons. The Hall–Kier alpha value is -2.08. The number of carboxylic acids is 1. The van der Waals surface area contributed by atoms with Gasteiger partial charge in [0, 0.05) is 12.0 Å². The summed E-state index contributed by atoms with van der Waals surface area (Å²) in [5.41, 5.74) is 0.370. The number of amides is 1. The largest absolute Gasteiger partial charge is 0.489 e. The van der Waals surface area contributed by atoms with Gasteiger partial charge in [0.25, 0.3) is 5.91 Å². The summed E-state index contributed by atoms with van der Waals surface area (Å²) in [5, 5.41) is 12.3. The standard InChI is InChI=1S/C22H30ClNO5/c1-4-19(25)18(11-14-5-7-15(8-6-14)22(27)28)24-21(26)16-9-10-20(17(23)12-16)29-13(2)3/h9-10,12-15,18H,4-8,11H2,1-3H3,(H,24,26)(H,27,28). The number of aliphatic carboxylic acids is 1. The Morgan fingerprint density at radius 1 is 1.21 bits per heavy atom. The van der Waals surface area contributed by atoms with Crippen molar-refractivity contribution in [3.63, 3.8) is 0 Å². The summed E-state index contributed by atoms with van der Waals surface area (Å²) >= 11 is 6.22. The number of hydrogen-bond acceptors (Lipinski definition) is 4. The Morgan fingerprint density at radius 3 is 2.38 bits per heavy atom. The van der Waals surface area contributed by atoms with Crippen LogP contribution in [0.25, 0.3) is 0 Å². The van der Waals surface area contributed by atoms with E-state index in [1.807, 2.05) is 13.8 Å². The third-order valence-corrected chi connectivity index (χ3v) is 5.66. The molecule has 1 aliphatic rings. The molecule has 0 heterocycles. The highest BCUT2D eigenvalue weighted by Crippen LogP contribution is 2.32. The van der Waals surface area contributed by atoms with Crippen LogP contribution in [-0.4, -0.2) is 34.9 Å². The Balaban J connectivity index is 2.02. The van der Waals surface area contributed by atoms with Crippen molar-refractivity contribution in [2.75, 3.05) is 0 Å². The first-order valence-corrected chi connectivity index (χ1v) is 10.6. The number of Topliss-reactive ketones (excluding diaryl/α,β-unsaturated/α-hetero) is 1. The van der Waals surface area contributed by atoms with Gasteiger partial charge in [0.2, 0.25) is 0 Å². The van der Waals surface area contributed by atoms with Gasteiger partial charge in [-0.1, -0.05) is 18.5 Å². The molecule has 0 spiro atoms. The number of halogens is 1. The average molecular weight is 424 g/mol. The van der Waals surface area contributed by atoms with Crippen LogP contribution in [0.3, 0.4) is 0 Å². The molecule has 6 nitrogen and oxygen atoms in total. The van der Waals surface area contributed by atoms with E-state index in [1.165, 1.54) is 0 Å². The van der Waals surface area contributed by atoms with Gasteiger partial charge in [-0.2, -0.15) is 0 Å². The van der Waals surface area contributed by atoms with Crippen molar-refractivity contribution in [3.05, 3.63) is 28.8 Å². The fraction of sp³-hybridized carbons (Fsp3) is 0.591. The van der Waals surface area contributed by atoms with E-state index in [0.717, 1.165) is 12.8 Å². The van der Waals surface area contributed by atoms with Crippen LogP contribution in [0, 0.1) is 11.8 Å². The number of nitrogens with one attached hydrogen (secondary N) is 1. The lowest BCUT2D eigenvalue weighted by molar-refractivity contribution is -0.143.